The van der Waals surface area contributed by atoms with Crippen molar-refractivity contribution in [1.82, 2.24) is 0 Å². The Kier molecular flexibility index (Phi) is 3.49. The molecule has 3 heteroatoms. The molecule has 0 saturated carbocycles. The second kappa shape index (κ2) is 5.06. The van der Waals surface area contributed by atoms with E-state index < -0.39 is 6.10 Å². The van der Waals surface area contributed by atoms with Gasteiger partial charge in [-0.05, 0) is 43.2 Å². The molecule has 1 heterocycles. The average Bonchev–Trinajstić information content (AvgIpc) is 2.83. The topological polar surface area (TPSA) is 45.4 Å². The lowest BCUT2D eigenvalue weighted by Crippen LogP contribution is -2.12. The number of nitrogens with one attached hydrogen (secondary N) is 1. The number of rotatable bonds is 4. The van der Waals surface area contributed by atoms with Crippen LogP contribution in [0.5, 0.6) is 0 Å². The average molecular weight is 231 g/mol. The minimum atomic E-state index is -0.620. The monoisotopic (exact) mass is 231 g/mol. The van der Waals surface area contributed by atoms with Gasteiger partial charge < -0.3 is 14.8 Å². The van der Waals surface area contributed by atoms with Crippen LogP contribution in [0, 0.1) is 13.8 Å². The zero-order chi connectivity index (χ0) is 12.3. The minimum Gasteiger partial charge on any atom is -0.467 e. The van der Waals surface area contributed by atoms with E-state index in [1.165, 1.54) is 11.1 Å². The van der Waals surface area contributed by atoms with Gasteiger partial charge in [-0.15, -0.1) is 0 Å². The van der Waals surface area contributed by atoms with Crippen molar-refractivity contribution in [3.63, 3.8) is 0 Å². The lowest BCUT2D eigenvalue weighted by atomic mass is 10.1. The van der Waals surface area contributed by atoms with Crippen LogP contribution in [-0.2, 0) is 0 Å². The van der Waals surface area contributed by atoms with Crippen LogP contribution in [0.4, 0.5) is 5.69 Å². The first-order valence-electron chi connectivity index (χ1n) is 5.69. The van der Waals surface area contributed by atoms with E-state index in [1.807, 2.05) is 13.8 Å². The molecule has 0 aliphatic rings. The van der Waals surface area contributed by atoms with Gasteiger partial charge in [-0.1, -0.05) is 12.1 Å². The number of aliphatic hydroxyl groups is 1. The maximum Gasteiger partial charge on any atom is 0.134 e. The number of furan rings is 1. The Morgan fingerprint density at radius 3 is 2.82 bits per heavy atom. The summed E-state index contributed by atoms with van der Waals surface area (Å²) < 4.78 is 5.15. The third kappa shape index (κ3) is 2.88. The van der Waals surface area contributed by atoms with Crippen molar-refractivity contribution >= 4 is 5.69 Å². The molecule has 0 saturated heterocycles. The third-order valence-electron chi connectivity index (χ3n) is 2.75. The number of hydrogen-bond acceptors (Lipinski definition) is 3. The van der Waals surface area contributed by atoms with E-state index >= 15 is 0 Å². The van der Waals surface area contributed by atoms with Crippen molar-refractivity contribution in [2.24, 2.45) is 0 Å². The van der Waals surface area contributed by atoms with Crippen molar-refractivity contribution in [3.8, 4) is 0 Å². The normalized spacial score (nSPS) is 12.4. The summed E-state index contributed by atoms with van der Waals surface area (Å²) in [6.45, 7) is 4.53. The van der Waals surface area contributed by atoms with Gasteiger partial charge in [0.1, 0.15) is 11.9 Å². The predicted octanol–water partition coefficient (Wildman–Crippen LogP) is 3.04. The second-order valence-electron chi connectivity index (χ2n) is 4.23. The zero-order valence-electron chi connectivity index (χ0n) is 10.1. The third-order valence-corrected chi connectivity index (χ3v) is 2.75. The molecule has 0 radical (unpaired) electrons. The second-order valence-corrected chi connectivity index (χ2v) is 4.23. The predicted molar refractivity (Wildman–Crippen MR) is 68.1 cm³/mol. The van der Waals surface area contributed by atoms with Crippen molar-refractivity contribution < 1.29 is 9.52 Å². The Hall–Kier alpha value is -1.74. The molecule has 0 aliphatic heterocycles. The number of benzene rings is 1. The van der Waals surface area contributed by atoms with Gasteiger partial charge >= 0.3 is 0 Å². The SMILES string of the molecule is Cc1ccc(C)c(NCC(O)c2ccco2)c1. The molecule has 1 atom stereocenters. The highest BCUT2D eigenvalue weighted by molar-refractivity contribution is 5.52. The summed E-state index contributed by atoms with van der Waals surface area (Å²) in [6.07, 6.45) is 0.945. The molecule has 90 valence electrons. The molecule has 0 bridgehead atoms. The van der Waals surface area contributed by atoms with Crippen LogP contribution >= 0.6 is 0 Å². The molecule has 0 amide bonds. The fourth-order valence-corrected chi connectivity index (χ4v) is 1.71. The molecule has 3 nitrogen and oxygen atoms in total. The highest BCUT2D eigenvalue weighted by Gasteiger charge is 2.10. The Labute approximate surface area is 101 Å². The van der Waals surface area contributed by atoms with Crippen molar-refractivity contribution in [2.45, 2.75) is 20.0 Å². The van der Waals surface area contributed by atoms with Gasteiger partial charge in [0.05, 0.1) is 6.26 Å². The summed E-state index contributed by atoms with van der Waals surface area (Å²) in [5.74, 6) is 0.586. The largest absolute Gasteiger partial charge is 0.467 e. The van der Waals surface area contributed by atoms with Crippen LogP contribution in [0.2, 0.25) is 0 Å². The molecule has 1 unspecified atom stereocenters. The van der Waals surface area contributed by atoms with Gasteiger partial charge in [-0.3, -0.25) is 0 Å². The molecule has 0 spiro atoms. The quantitative estimate of drug-likeness (QED) is 0.850. The summed E-state index contributed by atoms with van der Waals surface area (Å²) in [5, 5.41) is 13.1. The Balaban J connectivity index is 2.00. The number of aliphatic hydroxyl groups excluding tert-OH is 1. The summed E-state index contributed by atoms with van der Waals surface area (Å²) in [7, 11) is 0. The first-order valence-corrected chi connectivity index (χ1v) is 5.69. The standard InChI is InChI=1S/C14H17NO2/c1-10-5-6-11(2)12(8-10)15-9-13(16)14-4-3-7-17-14/h3-8,13,15-16H,9H2,1-2H3. The molecule has 1 aromatic carbocycles. The zero-order valence-corrected chi connectivity index (χ0v) is 10.1. The van der Waals surface area contributed by atoms with E-state index in [-0.39, 0.29) is 0 Å². The summed E-state index contributed by atoms with van der Waals surface area (Å²) in [4.78, 5) is 0. The van der Waals surface area contributed by atoms with Gasteiger partial charge in [0.15, 0.2) is 0 Å². The molecule has 2 rings (SSSR count). The first-order chi connectivity index (χ1) is 8.16. The molecule has 2 N–H and O–H groups in total. The number of anilines is 1. The number of hydrogen-bond donors (Lipinski definition) is 2. The maximum absolute atomic E-state index is 9.87. The van der Waals surface area contributed by atoms with Gasteiger partial charge in [0, 0.05) is 12.2 Å². The van der Waals surface area contributed by atoms with Crippen LogP contribution in [0.15, 0.2) is 41.0 Å². The summed E-state index contributed by atoms with van der Waals surface area (Å²) in [5.41, 5.74) is 3.42. The van der Waals surface area contributed by atoms with Crippen molar-refractivity contribution in [3.05, 3.63) is 53.5 Å². The Morgan fingerprint density at radius 1 is 1.29 bits per heavy atom. The molecular formula is C14H17NO2. The molecule has 0 aliphatic carbocycles. The highest BCUT2D eigenvalue weighted by Crippen LogP contribution is 2.19. The molecule has 2 aromatic rings. The summed E-state index contributed by atoms with van der Waals surface area (Å²) in [6, 6.07) is 9.76. The van der Waals surface area contributed by atoms with E-state index in [9.17, 15) is 5.11 Å². The van der Waals surface area contributed by atoms with Crippen LogP contribution in [0.1, 0.15) is 23.0 Å². The smallest absolute Gasteiger partial charge is 0.134 e. The van der Waals surface area contributed by atoms with Crippen molar-refractivity contribution in [1.29, 1.82) is 0 Å². The number of aryl methyl sites for hydroxylation is 2. The van der Waals surface area contributed by atoms with E-state index in [2.05, 4.69) is 23.5 Å². The van der Waals surface area contributed by atoms with Gasteiger partial charge in [0.25, 0.3) is 0 Å². The van der Waals surface area contributed by atoms with Crippen LogP contribution < -0.4 is 5.32 Å². The minimum absolute atomic E-state index is 0.442. The first kappa shape index (κ1) is 11.7. The fourth-order valence-electron chi connectivity index (χ4n) is 1.71. The molecule has 0 fully saturated rings. The van der Waals surface area contributed by atoms with Gasteiger partial charge in [0.2, 0.25) is 0 Å². The fraction of sp³-hybridized carbons (Fsp3) is 0.286. The summed E-state index contributed by atoms with van der Waals surface area (Å²) >= 11 is 0. The van der Waals surface area contributed by atoms with Crippen molar-refractivity contribution in [2.75, 3.05) is 11.9 Å². The van der Waals surface area contributed by atoms with E-state index in [0.717, 1.165) is 5.69 Å². The lowest BCUT2D eigenvalue weighted by Gasteiger charge is -2.13. The van der Waals surface area contributed by atoms with E-state index in [0.29, 0.717) is 12.3 Å². The maximum atomic E-state index is 9.87. The molecule has 17 heavy (non-hydrogen) atoms. The van der Waals surface area contributed by atoms with Gasteiger partial charge in [-0.25, -0.2) is 0 Å². The van der Waals surface area contributed by atoms with Crippen LogP contribution in [0.25, 0.3) is 0 Å². The van der Waals surface area contributed by atoms with Crippen LogP contribution in [-0.4, -0.2) is 11.7 Å². The Bertz CT molecular complexity index is 477. The van der Waals surface area contributed by atoms with E-state index in [1.54, 1.807) is 18.4 Å². The van der Waals surface area contributed by atoms with Gasteiger partial charge in [-0.2, -0.15) is 0 Å². The van der Waals surface area contributed by atoms with Crippen LogP contribution in [0.3, 0.4) is 0 Å². The lowest BCUT2D eigenvalue weighted by molar-refractivity contribution is 0.162. The molecular weight excluding hydrogens is 214 g/mol. The molecule has 1 aromatic heterocycles. The highest BCUT2D eigenvalue weighted by atomic mass is 16.4. The van der Waals surface area contributed by atoms with E-state index in [4.69, 9.17) is 4.42 Å². The Morgan fingerprint density at radius 2 is 2.12 bits per heavy atom.